The Labute approximate surface area is 123 Å². The van der Waals surface area contributed by atoms with Crippen molar-refractivity contribution >= 4 is 15.7 Å². The molecule has 2 aromatic heterocycles. The van der Waals surface area contributed by atoms with Crippen LogP contribution in [0.15, 0.2) is 35.7 Å². The maximum Gasteiger partial charge on any atom is 0.263 e. The summed E-state index contributed by atoms with van der Waals surface area (Å²) in [6, 6.07) is 3.45. The summed E-state index contributed by atoms with van der Waals surface area (Å²) in [5.74, 6) is 0.755. The Bertz CT molecular complexity index is 741. The minimum absolute atomic E-state index is 0.0758. The highest BCUT2D eigenvalue weighted by Gasteiger charge is 2.31. The van der Waals surface area contributed by atoms with Crippen molar-refractivity contribution in [3.63, 3.8) is 0 Å². The first-order valence-electron chi connectivity index (χ1n) is 6.82. The molecule has 112 valence electrons. The van der Waals surface area contributed by atoms with Crippen LogP contribution in [0.2, 0.25) is 0 Å². The van der Waals surface area contributed by atoms with Gasteiger partial charge in [0.15, 0.2) is 5.03 Å². The Morgan fingerprint density at radius 1 is 1.29 bits per heavy atom. The fraction of sp³-hybridized carbons (Fsp3) is 0.385. The van der Waals surface area contributed by atoms with Crippen LogP contribution < -0.4 is 5.32 Å². The van der Waals surface area contributed by atoms with E-state index in [1.165, 1.54) is 10.5 Å². The monoisotopic (exact) mass is 307 g/mol. The van der Waals surface area contributed by atoms with Crippen LogP contribution in [0.5, 0.6) is 0 Å². The molecule has 0 radical (unpaired) electrons. The quantitative estimate of drug-likeness (QED) is 0.908. The highest BCUT2D eigenvalue weighted by molar-refractivity contribution is 7.89. The normalized spacial score (nSPS) is 15.7. The minimum atomic E-state index is -3.63. The van der Waals surface area contributed by atoms with Gasteiger partial charge in [-0.2, -0.15) is 4.31 Å². The molecule has 0 saturated heterocycles. The maximum atomic E-state index is 12.8. The van der Waals surface area contributed by atoms with Gasteiger partial charge in [-0.05, 0) is 19.1 Å². The van der Waals surface area contributed by atoms with E-state index in [1.54, 1.807) is 18.3 Å². The van der Waals surface area contributed by atoms with Crippen LogP contribution in [0.25, 0.3) is 0 Å². The Balaban J connectivity index is 1.95. The van der Waals surface area contributed by atoms with E-state index in [2.05, 4.69) is 15.3 Å². The summed E-state index contributed by atoms with van der Waals surface area (Å²) in [5, 5.41) is 3.12. The van der Waals surface area contributed by atoms with Gasteiger partial charge in [-0.15, -0.1) is 0 Å². The van der Waals surface area contributed by atoms with Gasteiger partial charge in [0.1, 0.15) is 5.82 Å². The molecule has 0 unspecified atom stereocenters. The Hall–Kier alpha value is -1.93. The number of nitrogens with zero attached hydrogens (tertiary/aromatic N) is 4. The number of anilines is 1. The molecule has 1 aliphatic heterocycles. The van der Waals surface area contributed by atoms with Crippen molar-refractivity contribution < 1.29 is 8.42 Å². The van der Waals surface area contributed by atoms with E-state index in [4.69, 9.17) is 0 Å². The van der Waals surface area contributed by atoms with Crippen molar-refractivity contribution in [2.75, 3.05) is 18.4 Å². The minimum Gasteiger partial charge on any atom is -0.383 e. The van der Waals surface area contributed by atoms with Gasteiger partial charge in [-0.1, -0.05) is 0 Å². The average molecular weight is 307 g/mol. The highest BCUT2D eigenvalue weighted by atomic mass is 32.2. The lowest BCUT2D eigenvalue weighted by molar-refractivity contribution is 0.334. The van der Waals surface area contributed by atoms with Gasteiger partial charge < -0.3 is 9.88 Å². The van der Waals surface area contributed by atoms with Gasteiger partial charge in [0.25, 0.3) is 10.0 Å². The predicted molar refractivity (Wildman–Crippen MR) is 78.2 cm³/mol. The van der Waals surface area contributed by atoms with Crippen LogP contribution in [0.1, 0.15) is 12.7 Å². The molecule has 2 aromatic rings. The van der Waals surface area contributed by atoms with Crippen LogP contribution >= 0.6 is 0 Å². The maximum absolute atomic E-state index is 12.8. The molecule has 1 aliphatic rings. The van der Waals surface area contributed by atoms with Crippen LogP contribution in [-0.2, 0) is 23.1 Å². The van der Waals surface area contributed by atoms with Crippen molar-refractivity contribution in [2.24, 2.45) is 0 Å². The largest absolute Gasteiger partial charge is 0.383 e. The van der Waals surface area contributed by atoms with E-state index in [9.17, 15) is 8.42 Å². The molecular weight excluding hydrogens is 290 g/mol. The van der Waals surface area contributed by atoms with Gasteiger partial charge in [0, 0.05) is 38.2 Å². The van der Waals surface area contributed by atoms with E-state index in [-0.39, 0.29) is 11.6 Å². The van der Waals surface area contributed by atoms with Crippen LogP contribution in [-0.4, -0.2) is 40.3 Å². The van der Waals surface area contributed by atoms with Gasteiger partial charge in [0.05, 0.1) is 12.2 Å². The molecule has 3 heterocycles. The van der Waals surface area contributed by atoms with E-state index >= 15 is 0 Å². The molecular formula is C13H17N5O2S. The summed E-state index contributed by atoms with van der Waals surface area (Å²) in [6.07, 6.45) is 5.05. The molecule has 3 rings (SSSR count). The number of nitrogens with one attached hydrogen (secondary N) is 1. The number of fused-ring (bicyclic) bond motifs is 1. The zero-order chi connectivity index (χ0) is 14.9. The van der Waals surface area contributed by atoms with Gasteiger partial charge in [-0.25, -0.2) is 18.4 Å². The molecule has 0 amide bonds. The lowest BCUT2D eigenvalue weighted by atomic mass is 10.4. The highest BCUT2D eigenvalue weighted by Crippen LogP contribution is 2.24. The third kappa shape index (κ3) is 2.52. The van der Waals surface area contributed by atoms with Gasteiger partial charge >= 0.3 is 0 Å². The molecule has 21 heavy (non-hydrogen) atoms. The number of hydrogen-bond acceptors (Lipinski definition) is 5. The molecule has 0 saturated carbocycles. The first kappa shape index (κ1) is 14.0. The molecule has 0 aromatic carbocycles. The van der Waals surface area contributed by atoms with Crippen molar-refractivity contribution in [2.45, 2.75) is 25.0 Å². The molecule has 0 bridgehead atoms. The number of pyridine rings is 1. The zero-order valence-electron chi connectivity index (χ0n) is 11.7. The predicted octanol–water partition coefficient (Wildman–Crippen LogP) is 0.914. The molecule has 7 nitrogen and oxygen atoms in total. The van der Waals surface area contributed by atoms with Crippen molar-refractivity contribution in [3.05, 3.63) is 36.5 Å². The van der Waals surface area contributed by atoms with Crippen LogP contribution in [0.3, 0.4) is 0 Å². The molecule has 0 atom stereocenters. The average Bonchev–Trinajstić information content (AvgIpc) is 2.95. The Morgan fingerprint density at radius 2 is 2.14 bits per heavy atom. The summed E-state index contributed by atoms with van der Waals surface area (Å²) in [4.78, 5) is 8.26. The number of hydrogen-bond donors (Lipinski definition) is 1. The summed E-state index contributed by atoms with van der Waals surface area (Å²) in [7, 11) is -3.63. The Kier molecular flexibility index (Phi) is 3.64. The van der Waals surface area contributed by atoms with Crippen molar-refractivity contribution in [1.82, 2.24) is 18.8 Å². The van der Waals surface area contributed by atoms with Crippen molar-refractivity contribution in [3.8, 4) is 0 Å². The molecule has 0 fully saturated rings. The number of imidazole rings is 1. The van der Waals surface area contributed by atoms with Crippen LogP contribution in [0, 0.1) is 0 Å². The topological polar surface area (TPSA) is 80.1 Å². The second-order valence-electron chi connectivity index (χ2n) is 4.76. The number of rotatable bonds is 4. The van der Waals surface area contributed by atoms with Crippen molar-refractivity contribution in [1.29, 1.82) is 0 Å². The smallest absolute Gasteiger partial charge is 0.263 e. The zero-order valence-corrected chi connectivity index (χ0v) is 12.5. The summed E-state index contributed by atoms with van der Waals surface area (Å²) in [6.45, 7) is 3.86. The molecule has 0 spiro atoms. The second kappa shape index (κ2) is 5.45. The third-order valence-corrected chi connectivity index (χ3v) is 5.24. The SMILES string of the molecule is CCNc1cccnc1S(=O)(=O)N1CCn2ccnc2C1. The number of sulfonamides is 1. The lowest BCUT2D eigenvalue weighted by Crippen LogP contribution is -2.38. The summed E-state index contributed by atoms with van der Waals surface area (Å²) in [5.41, 5.74) is 0.536. The van der Waals surface area contributed by atoms with E-state index in [0.29, 0.717) is 25.3 Å². The molecule has 1 N–H and O–H groups in total. The molecule has 8 heteroatoms. The first-order chi connectivity index (χ1) is 10.1. The third-order valence-electron chi connectivity index (χ3n) is 3.43. The lowest BCUT2D eigenvalue weighted by Gasteiger charge is -2.27. The fourth-order valence-electron chi connectivity index (χ4n) is 2.40. The molecule has 0 aliphatic carbocycles. The summed E-state index contributed by atoms with van der Waals surface area (Å²) >= 11 is 0. The first-order valence-corrected chi connectivity index (χ1v) is 8.26. The van der Waals surface area contributed by atoms with E-state index in [0.717, 1.165) is 5.82 Å². The van der Waals surface area contributed by atoms with Gasteiger partial charge in [-0.3, -0.25) is 0 Å². The number of aromatic nitrogens is 3. The second-order valence-corrected chi connectivity index (χ2v) is 6.62. The Morgan fingerprint density at radius 3 is 2.95 bits per heavy atom. The van der Waals surface area contributed by atoms with Gasteiger partial charge in [0.2, 0.25) is 0 Å². The van der Waals surface area contributed by atoms with Crippen LogP contribution in [0.4, 0.5) is 5.69 Å². The van der Waals surface area contributed by atoms with E-state index in [1.807, 2.05) is 17.7 Å². The standard InChI is InChI=1S/C13H17N5O2S/c1-2-14-11-4-3-5-16-13(11)21(19,20)18-9-8-17-7-6-15-12(17)10-18/h3-7,14H,2,8-10H2,1H3. The van der Waals surface area contributed by atoms with E-state index < -0.39 is 10.0 Å². The summed E-state index contributed by atoms with van der Waals surface area (Å²) < 4.78 is 29.0. The fourth-order valence-corrected chi connectivity index (χ4v) is 3.86.